The van der Waals surface area contributed by atoms with E-state index >= 15 is 0 Å². The van der Waals surface area contributed by atoms with Gasteiger partial charge >= 0.3 is 0 Å². The van der Waals surface area contributed by atoms with Crippen LogP contribution in [0, 0.1) is 0 Å². The van der Waals surface area contributed by atoms with Gasteiger partial charge in [-0.2, -0.15) is 0 Å². The maximum Gasteiger partial charge on any atom is 0.221 e. The Bertz CT molecular complexity index is 836. The molecule has 25 heavy (non-hydrogen) atoms. The smallest absolute Gasteiger partial charge is 0.221 e. The molecule has 2 aromatic rings. The van der Waals surface area contributed by atoms with Crippen molar-refractivity contribution in [3.63, 3.8) is 0 Å². The number of halogens is 1. The van der Waals surface area contributed by atoms with Gasteiger partial charge in [-0.1, -0.05) is 41.9 Å². The van der Waals surface area contributed by atoms with Gasteiger partial charge in [0, 0.05) is 18.0 Å². The summed E-state index contributed by atoms with van der Waals surface area (Å²) >= 11 is 5.98. The molecule has 5 nitrogen and oxygen atoms in total. The van der Waals surface area contributed by atoms with E-state index in [1.165, 1.54) is 0 Å². The van der Waals surface area contributed by atoms with E-state index in [9.17, 15) is 13.2 Å². The normalized spacial score (nSPS) is 11.1. The molecule has 134 valence electrons. The van der Waals surface area contributed by atoms with E-state index in [4.69, 9.17) is 16.3 Å². The zero-order chi connectivity index (χ0) is 18.3. The molecule has 0 fully saturated rings. The second-order valence-corrected chi connectivity index (χ2v) is 8.15. The fraction of sp³-hybridized carbons (Fsp3) is 0.278. The van der Waals surface area contributed by atoms with Gasteiger partial charge in [0.15, 0.2) is 9.84 Å². The molecule has 0 aliphatic carbocycles. The van der Waals surface area contributed by atoms with Crippen LogP contribution in [0.5, 0.6) is 5.75 Å². The van der Waals surface area contributed by atoms with Crippen LogP contribution in [-0.2, 0) is 26.9 Å². The molecule has 1 amide bonds. The highest BCUT2D eigenvalue weighted by molar-refractivity contribution is 7.90. The Hall–Kier alpha value is -2.05. The number of carbonyl (C=O) groups is 1. The average molecular weight is 382 g/mol. The first kappa shape index (κ1) is 19.3. The van der Waals surface area contributed by atoms with Crippen LogP contribution in [0.15, 0.2) is 48.5 Å². The van der Waals surface area contributed by atoms with E-state index in [-0.39, 0.29) is 23.8 Å². The van der Waals surface area contributed by atoms with Gasteiger partial charge in [-0.3, -0.25) is 4.79 Å². The van der Waals surface area contributed by atoms with Crippen molar-refractivity contribution in [3.05, 3.63) is 64.7 Å². The molecule has 0 aromatic heterocycles. The molecule has 0 heterocycles. The molecule has 0 atom stereocenters. The Morgan fingerprint density at radius 1 is 1.16 bits per heavy atom. The standard InChI is InChI=1S/C18H20ClNO4S/c1-24-16-7-4-5-14(11-16)12-20-18(21)9-10-25(22,23)13-15-6-2-3-8-17(15)19/h2-8,11H,9-10,12-13H2,1H3,(H,20,21). The van der Waals surface area contributed by atoms with Crippen molar-refractivity contribution in [3.8, 4) is 5.75 Å². The number of nitrogens with one attached hydrogen (secondary N) is 1. The van der Waals surface area contributed by atoms with Crippen LogP contribution in [0.1, 0.15) is 17.5 Å². The Kier molecular flexibility index (Phi) is 6.84. The minimum absolute atomic E-state index is 0.0866. The summed E-state index contributed by atoms with van der Waals surface area (Å²) in [7, 11) is -1.84. The van der Waals surface area contributed by atoms with Gasteiger partial charge in [-0.05, 0) is 29.3 Å². The van der Waals surface area contributed by atoms with E-state index in [1.807, 2.05) is 24.3 Å². The van der Waals surface area contributed by atoms with Gasteiger partial charge < -0.3 is 10.1 Å². The van der Waals surface area contributed by atoms with Crippen LogP contribution in [0.25, 0.3) is 0 Å². The average Bonchev–Trinajstić information content (AvgIpc) is 2.60. The number of methoxy groups -OCH3 is 1. The van der Waals surface area contributed by atoms with Gasteiger partial charge in [0.25, 0.3) is 0 Å². The van der Waals surface area contributed by atoms with Gasteiger partial charge in [-0.25, -0.2) is 8.42 Å². The first-order valence-electron chi connectivity index (χ1n) is 7.73. The molecular formula is C18H20ClNO4S. The summed E-state index contributed by atoms with van der Waals surface area (Å²) in [6, 6.07) is 14.1. The Balaban J connectivity index is 1.83. The summed E-state index contributed by atoms with van der Waals surface area (Å²) in [5.41, 5.74) is 1.42. The van der Waals surface area contributed by atoms with E-state index in [1.54, 1.807) is 31.4 Å². The van der Waals surface area contributed by atoms with Crippen molar-refractivity contribution in [2.45, 2.75) is 18.7 Å². The van der Waals surface area contributed by atoms with Crippen LogP contribution in [-0.4, -0.2) is 27.2 Å². The lowest BCUT2D eigenvalue weighted by molar-refractivity contribution is -0.120. The maximum absolute atomic E-state index is 12.2. The Morgan fingerprint density at radius 2 is 1.92 bits per heavy atom. The molecule has 2 aromatic carbocycles. The van der Waals surface area contributed by atoms with Gasteiger partial charge in [0.1, 0.15) is 5.75 Å². The number of hydrogen-bond donors (Lipinski definition) is 1. The molecule has 0 saturated heterocycles. The summed E-state index contributed by atoms with van der Waals surface area (Å²) in [5.74, 6) is -0.00233. The molecule has 0 spiro atoms. The third-order valence-corrected chi connectivity index (χ3v) is 5.54. The molecule has 1 N–H and O–H groups in total. The van der Waals surface area contributed by atoms with Crippen molar-refractivity contribution in [2.24, 2.45) is 0 Å². The highest BCUT2D eigenvalue weighted by Gasteiger charge is 2.16. The highest BCUT2D eigenvalue weighted by Crippen LogP contribution is 2.18. The number of benzene rings is 2. The minimum atomic E-state index is -3.41. The van der Waals surface area contributed by atoms with E-state index in [2.05, 4.69) is 5.32 Å². The molecule has 0 radical (unpaired) electrons. The number of carbonyl (C=O) groups excluding carboxylic acids is 1. The Morgan fingerprint density at radius 3 is 2.64 bits per heavy atom. The lowest BCUT2D eigenvalue weighted by atomic mass is 10.2. The molecule has 7 heteroatoms. The second kappa shape index (κ2) is 8.87. The molecule has 0 aliphatic rings. The summed E-state index contributed by atoms with van der Waals surface area (Å²) in [6.07, 6.45) is -0.0866. The van der Waals surface area contributed by atoms with Crippen LogP contribution >= 0.6 is 11.6 Å². The van der Waals surface area contributed by atoms with E-state index < -0.39 is 9.84 Å². The summed E-state index contributed by atoms with van der Waals surface area (Å²) in [6.45, 7) is 0.320. The number of sulfone groups is 1. The predicted octanol–water partition coefficient (Wildman–Crippen LogP) is 2.97. The predicted molar refractivity (Wildman–Crippen MR) is 98.4 cm³/mol. The number of hydrogen-bond acceptors (Lipinski definition) is 4. The largest absolute Gasteiger partial charge is 0.497 e. The van der Waals surface area contributed by atoms with Crippen LogP contribution < -0.4 is 10.1 Å². The molecule has 0 bridgehead atoms. The summed E-state index contributed by atoms with van der Waals surface area (Å²) in [5, 5.41) is 3.12. The second-order valence-electron chi connectivity index (χ2n) is 5.56. The minimum Gasteiger partial charge on any atom is -0.497 e. The first-order valence-corrected chi connectivity index (χ1v) is 9.93. The monoisotopic (exact) mass is 381 g/mol. The zero-order valence-electron chi connectivity index (χ0n) is 13.9. The molecule has 0 unspecified atom stereocenters. The topological polar surface area (TPSA) is 72.5 Å². The molecule has 2 rings (SSSR count). The van der Waals surface area contributed by atoms with Crippen molar-refractivity contribution >= 4 is 27.3 Å². The number of rotatable bonds is 8. The third-order valence-electron chi connectivity index (χ3n) is 3.60. The lowest BCUT2D eigenvalue weighted by Gasteiger charge is -2.08. The fourth-order valence-electron chi connectivity index (χ4n) is 2.24. The van der Waals surface area contributed by atoms with Crippen molar-refractivity contribution < 1.29 is 17.9 Å². The number of amides is 1. The molecule has 0 saturated carbocycles. The van der Waals surface area contributed by atoms with Crippen LogP contribution in [0.2, 0.25) is 5.02 Å². The quantitative estimate of drug-likeness (QED) is 0.763. The highest BCUT2D eigenvalue weighted by atomic mass is 35.5. The van der Waals surface area contributed by atoms with Gasteiger partial charge in [-0.15, -0.1) is 0 Å². The zero-order valence-corrected chi connectivity index (χ0v) is 15.4. The van der Waals surface area contributed by atoms with Gasteiger partial charge in [0.05, 0.1) is 18.6 Å². The fourth-order valence-corrected chi connectivity index (χ4v) is 3.89. The maximum atomic E-state index is 12.2. The summed E-state index contributed by atoms with van der Waals surface area (Å²) in [4.78, 5) is 11.9. The molecule has 0 aliphatic heterocycles. The first-order chi connectivity index (χ1) is 11.9. The van der Waals surface area contributed by atoms with E-state index in [0.717, 1.165) is 5.56 Å². The van der Waals surface area contributed by atoms with Crippen molar-refractivity contribution in [2.75, 3.05) is 12.9 Å². The Labute approximate surface area is 152 Å². The summed E-state index contributed by atoms with van der Waals surface area (Å²) < 4.78 is 29.4. The SMILES string of the molecule is COc1cccc(CNC(=O)CCS(=O)(=O)Cc2ccccc2Cl)c1. The van der Waals surface area contributed by atoms with E-state index in [0.29, 0.717) is 22.9 Å². The number of ether oxygens (including phenoxy) is 1. The lowest BCUT2D eigenvalue weighted by Crippen LogP contribution is -2.25. The molecular weight excluding hydrogens is 362 g/mol. The van der Waals surface area contributed by atoms with Crippen LogP contribution in [0.3, 0.4) is 0 Å². The van der Waals surface area contributed by atoms with Crippen molar-refractivity contribution in [1.82, 2.24) is 5.32 Å². The van der Waals surface area contributed by atoms with Gasteiger partial charge in [0.2, 0.25) is 5.91 Å². The third kappa shape index (κ3) is 6.40. The van der Waals surface area contributed by atoms with Crippen molar-refractivity contribution in [1.29, 1.82) is 0 Å². The van der Waals surface area contributed by atoms with Crippen LogP contribution in [0.4, 0.5) is 0 Å².